The third-order valence-corrected chi connectivity index (χ3v) is 5.56. The van der Waals surface area contributed by atoms with Gasteiger partial charge in [0.05, 0.1) is 5.41 Å². The van der Waals surface area contributed by atoms with Crippen molar-refractivity contribution >= 4 is 5.91 Å². The molecule has 0 bridgehead atoms. The van der Waals surface area contributed by atoms with Crippen LogP contribution in [0.4, 0.5) is 4.39 Å². The van der Waals surface area contributed by atoms with Gasteiger partial charge in [-0.15, -0.1) is 0 Å². The molecule has 22 heavy (non-hydrogen) atoms. The first kappa shape index (κ1) is 15.5. The predicted octanol–water partition coefficient (Wildman–Crippen LogP) is 2.83. The van der Waals surface area contributed by atoms with E-state index in [2.05, 4.69) is 0 Å². The van der Waals surface area contributed by atoms with Gasteiger partial charge in [-0.25, -0.2) is 4.39 Å². The molecule has 1 aromatic carbocycles. The number of nitrogens with zero attached hydrogens (tertiary/aromatic N) is 1. The van der Waals surface area contributed by atoms with Gasteiger partial charge in [-0.1, -0.05) is 18.6 Å². The summed E-state index contributed by atoms with van der Waals surface area (Å²) in [6.45, 7) is 3.60. The fourth-order valence-electron chi connectivity index (χ4n) is 3.87. The van der Waals surface area contributed by atoms with Crippen LogP contribution in [0.2, 0.25) is 0 Å². The number of benzene rings is 1. The SMILES string of the molecule is CC(N)C1CCN(C(=O)C2(c3cccc(F)c3)CCC2)CC1. The third kappa shape index (κ3) is 2.65. The summed E-state index contributed by atoms with van der Waals surface area (Å²) in [5.41, 5.74) is 6.34. The average molecular weight is 304 g/mol. The Labute approximate surface area is 131 Å². The Kier molecular flexibility index (Phi) is 4.22. The van der Waals surface area contributed by atoms with Crippen molar-refractivity contribution in [1.82, 2.24) is 4.90 Å². The lowest BCUT2D eigenvalue weighted by atomic mass is 9.63. The first-order valence-corrected chi connectivity index (χ1v) is 8.34. The highest BCUT2D eigenvalue weighted by atomic mass is 19.1. The van der Waals surface area contributed by atoms with E-state index in [9.17, 15) is 9.18 Å². The molecule has 2 fully saturated rings. The molecular weight excluding hydrogens is 279 g/mol. The number of nitrogens with two attached hydrogens (primary N) is 1. The van der Waals surface area contributed by atoms with Gasteiger partial charge in [-0.3, -0.25) is 4.79 Å². The van der Waals surface area contributed by atoms with Crippen LogP contribution in [0.3, 0.4) is 0 Å². The van der Waals surface area contributed by atoms with Gasteiger partial charge in [0.1, 0.15) is 5.82 Å². The van der Waals surface area contributed by atoms with Crippen LogP contribution in [0.25, 0.3) is 0 Å². The van der Waals surface area contributed by atoms with Crippen molar-refractivity contribution in [3.63, 3.8) is 0 Å². The molecular formula is C18H25FN2O. The number of amides is 1. The van der Waals surface area contributed by atoms with Crippen molar-refractivity contribution in [2.24, 2.45) is 11.7 Å². The predicted molar refractivity (Wildman–Crippen MR) is 84.9 cm³/mol. The molecule has 3 nitrogen and oxygen atoms in total. The number of halogens is 1. The Balaban J connectivity index is 1.76. The van der Waals surface area contributed by atoms with E-state index in [1.165, 1.54) is 12.1 Å². The summed E-state index contributed by atoms with van der Waals surface area (Å²) in [6.07, 6.45) is 4.66. The Morgan fingerprint density at radius 1 is 1.36 bits per heavy atom. The van der Waals surface area contributed by atoms with Crippen molar-refractivity contribution in [3.05, 3.63) is 35.6 Å². The smallest absolute Gasteiger partial charge is 0.233 e. The van der Waals surface area contributed by atoms with Gasteiger partial charge < -0.3 is 10.6 Å². The van der Waals surface area contributed by atoms with E-state index >= 15 is 0 Å². The summed E-state index contributed by atoms with van der Waals surface area (Å²) in [6, 6.07) is 6.77. The van der Waals surface area contributed by atoms with Gasteiger partial charge >= 0.3 is 0 Å². The largest absolute Gasteiger partial charge is 0.342 e. The molecule has 120 valence electrons. The lowest BCUT2D eigenvalue weighted by molar-refractivity contribution is -0.142. The number of likely N-dealkylation sites (tertiary alicyclic amines) is 1. The minimum atomic E-state index is -0.483. The quantitative estimate of drug-likeness (QED) is 0.933. The van der Waals surface area contributed by atoms with E-state index in [-0.39, 0.29) is 17.8 Å². The Bertz CT molecular complexity index is 546. The normalized spacial score (nSPS) is 23.0. The van der Waals surface area contributed by atoms with Crippen LogP contribution in [0.15, 0.2) is 24.3 Å². The number of piperidine rings is 1. The zero-order valence-corrected chi connectivity index (χ0v) is 13.2. The highest BCUT2D eigenvalue weighted by Gasteiger charge is 2.48. The second kappa shape index (κ2) is 5.99. The fraction of sp³-hybridized carbons (Fsp3) is 0.611. The first-order chi connectivity index (χ1) is 10.5. The second-order valence-electron chi connectivity index (χ2n) is 6.93. The summed E-state index contributed by atoms with van der Waals surface area (Å²) >= 11 is 0. The van der Waals surface area contributed by atoms with E-state index in [4.69, 9.17) is 5.73 Å². The fourth-order valence-corrected chi connectivity index (χ4v) is 3.87. The molecule has 2 aliphatic rings. The van der Waals surface area contributed by atoms with Crippen LogP contribution in [0.1, 0.15) is 44.6 Å². The number of carbonyl (C=O) groups is 1. The van der Waals surface area contributed by atoms with Crippen LogP contribution in [-0.2, 0) is 10.2 Å². The van der Waals surface area contributed by atoms with Gasteiger partial charge in [0.15, 0.2) is 0 Å². The van der Waals surface area contributed by atoms with E-state index in [1.807, 2.05) is 17.9 Å². The van der Waals surface area contributed by atoms with Gasteiger partial charge in [0.25, 0.3) is 0 Å². The van der Waals surface area contributed by atoms with Crippen molar-refractivity contribution < 1.29 is 9.18 Å². The number of hydrogen-bond acceptors (Lipinski definition) is 2. The Morgan fingerprint density at radius 3 is 2.55 bits per heavy atom. The van der Waals surface area contributed by atoms with E-state index in [0.717, 1.165) is 50.8 Å². The molecule has 1 unspecified atom stereocenters. The van der Waals surface area contributed by atoms with Crippen LogP contribution < -0.4 is 5.73 Å². The molecule has 1 aliphatic heterocycles. The molecule has 1 heterocycles. The van der Waals surface area contributed by atoms with Crippen LogP contribution in [0, 0.1) is 11.7 Å². The molecule has 3 rings (SSSR count). The molecule has 4 heteroatoms. The molecule has 1 atom stereocenters. The molecule has 0 radical (unpaired) electrons. The topological polar surface area (TPSA) is 46.3 Å². The Hall–Kier alpha value is -1.42. The molecule has 2 N–H and O–H groups in total. The standard InChI is InChI=1S/C18H25FN2O/c1-13(20)14-6-10-21(11-7-14)17(22)18(8-3-9-18)15-4-2-5-16(19)12-15/h2,4-5,12-14H,3,6-11,20H2,1H3. The summed E-state index contributed by atoms with van der Waals surface area (Å²) < 4.78 is 13.6. The van der Waals surface area contributed by atoms with Gasteiger partial charge in [0, 0.05) is 19.1 Å². The minimum Gasteiger partial charge on any atom is -0.342 e. The molecule has 1 saturated carbocycles. The maximum absolute atomic E-state index is 13.6. The lowest BCUT2D eigenvalue weighted by Gasteiger charge is -2.46. The van der Waals surface area contributed by atoms with Crippen molar-refractivity contribution in [2.45, 2.75) is 50.5 Å². The number of carbonyl (C=O) groups excluding carboxylic acids is 1. The summed E-state index contributed by atoms with van der Waals surface area (Å²) in [5.74, 6) is 0.440. The highest BCUT2D eigenvalue weighted by molar-refractivity contribution is 5.89. The van der Waals surface area contributed by atoms with Gasteiger partial charge in [0.2, 0.25) is 5.91 Å². The van der Waals surface area contributed by atoms with Crippen molar-refractivity contribution in [3.8, 4) is 0 Å². The zero-order valence-electron chi connectivity index (χ0n) is 13.2. The monoisotopic (exact) mass is 304 g/mol. The van der Waals surface area contributed by atoms with Crippen molar-refractivity contribution in [2.75, 3.05) is 13.1 Å². The maximum atomic E-state index is 13.6. The van der Waals surface area contributed by atoms with Crippen LogP contribution in [0.5, 0.6) is 0 Å². The summed E-state index contributed by atoms with van der Waals surface area (Å²) in [5, 5.41) is 0. The molecule has 1 saturated heterocycles. The van der Waals surface area contributed by atoms with Crippen molar-refractivity contribution in [1.29, 1.82) is 0 Å². The second-order valence-corrected chi connectivity index (χ2v) is 6.93. The molecule has 1 aliphatic carbocycles. The number of hydrogen-bond donors (Lipinski definition) is 1. The minimum absolute atomic E-state index is 0.187. The first-order valence-electron chi connectivity index (χ1n) is 8.34. The van der Waals surface area contributed by atoms with Crippen LogP contribution in [-0.4, -0.2) is 29.9 Å². The lowest BCUT2D eigenvalue weighted by Crippen LogP contribution is -2.53. The van der Waals surface area contributed by atoms with Gasteiger partial charge in [-0.2, -0.15) is 0 Å². The van der Waals surface area contributed by atoms with E-state index in [0.29, 0.717) is 5.92 Å². The highest BCUT2D eigenvalue weighted by Crippen LogP contribution is 2.45. The van der Waals surface area contributed by atoms with E-state index in [1.54, 1.807) is 6.07 Å². The molecule has 1 amide bonds. The van der Waals surface area contributed by atoms with E-state index < -0.39 is 5.41 Å². The Morgan fingerprint density at radius 2 is 2.05 bits per heavy atom. The molecule has 1 aromatic rings. The van der Waals surface area contributed by atoms with Gasteiger partial charge in [-0.05, 0) is 56.2 Å². The summed E-state index contributed by atoms with van der Waals surface area (Å²) in [4.78, 5) is 15.0. The third-order valence-electron chi connectivity index (χ3n) is 5.56. The molecule has 0 aromatic heterocycles. The molecule has 0 spiro atoms. The average Bonchev–Trinajstić information content (AvgIpc) is 2.46. The van der Waals surface area contributed by atoms with Crippen LogP contribution >= 0.6 is 0 Å². The summed E-state index contributed by atoms with van der Waals surface area (Å²) in [7, 11) is 0. The maximum Gasteiger partial charge on any atom is 0.233 e. The zero-order chi connectivity index (χ0) is 15.7. The number of rotatable bonds is 3.